The fourth-order valence-corrected chi connectivity index (χ4v) is 8.20. The standard InChI is InChI=1S/C20H33NOSi/c1-5-13-23(14-6-2,15-7-3)22-17-18-9-10-20-19(16-18)11-12-21(20)8-4/h9-12,16H,5-8,13-15,17H2,1-4H3. The quantitative estimate of drug-likeness (QED) is 0.462. The Hall–Kier alpha value is -1.06. The van der Waals surface area contributed by atoms with Crippen molar-refractivity contribution in [1.29, 1.82) is 0 Å². The second kappa shape index (κ2) is 8.70. The van der Waals surface area contributed by atoms with Gasteiger partial charge in [0, 0.05) is 18.3 Å². The van der Waals surface area contributed by atoms with Crippen molar-refractivity contribution in [1.82, 2.24) is 4.57 Å². The summed E-state index contributed by atoms with van der Waals surface area (Å²) in [5, 5.41) is 1.33. The van der Waals surface area contributed by atoms with Gasteiger partial charge in [-0.3, -0.25) is 0 Å². The number of aromatic nitrogens is 1. The van der Waals surface area contributed by atoms with Crippen LogP contribution in [0, 0.1) is 0 Å². The molecule has 0 aliphatic heterocycles. The van der Waals surface area contributed by atoms with E-state index in [9.17, 15) is 0 Å². The number of aryl methyl sites for hydroxylation is 1. The highest BCUT2D eigenvalue weighted by Gasteiger charge is 2.32. The van der Waals surface area contributed by atoms with Crippen molar-refractivity contribution in [3.05, 3.63) is 36.0 Å². The van der Waals surface area contributed by atoms with Gasteiger partial charge in [-0.05, 0) is 54.2 Å². The van der Waals surface area contributed by atoms with Crippen molar-refractivity contribution < 1.29 is 4.43 Å². The highest BCUT2D eigenvalue weighted by Crippen LogP contribution is 2.29. The van der Waals surface area contributed by atoms with E-state index in [1.54, 1.807) is 0 Å². The Morgan fingerprint density at radius 1 is 0.913 bits per heavy atom. The molecule has 0 radical (unpaired) electrons. The molecule has 2 nitrogen and oxygen atoms in total. The molecule has 23 heavy (non-hydrogen) atoms. The van der Waals surface area contributed by atoms with Gasteiger partial charge in [-0.2, -0.15) is 0 Å². The van der Waals surface area contributed by atoms with Gasteiger partial charge in [0.15, 0.2) is 8.32 Å². The molecule has 0 amide bonds. The first kappa shape index (κ1) is 18.3. The van der Waals surface area contributed by atoms with Gasteiger partial charge in [-0.25, -0.2) is 0 Å². The maximum Gasteiger partial charge on any atom is 0.193 e. The predicted octanol–water partition coefficient (Wildman–Crippen LogP) is 6.35. The van der Waals surface area contributed by atoms with Gasteiger partial charge in [-0.1, -0.05) is 46.1 Å². The molecule has 0 N–H and O–H groups in total. The number of rotatable bonds is 10. The van der Waals surface area contributed by atoms with Gasteiger partial charge >= 0.3 is 0 Å². The Morgan fingerprint density at radius 3 is 2.13 bits per heavy atom. The van der Waals surface area contributed by atoms with Crippen LogP contribution in [0.1, 0.15) is 52.5 Å². The molecule has 0 atom stereocenters. The summed E-state index contributed by atoms with van der Waals surface area (Å²) in [7, 11) is -1.55. The van der Waals surface area contributed by atoms with E-state index in [0.717, 1.165) is 13.2 Å². The van der Waals surface area contributed by atoms with E-state index in [1.165, 1.54) is 53.9 Å². The fourth-order valence-electron chi connectivity index (χ4n) is 3.81. The summed E-state index contributed by atoms with van der Waals surface area (Å²) in [6.45, 7) is 10.9. The molecule has 0 aliphatic rings. The monoisotopic (exact) mass is 331 g/mol. The number of hydrogen-bond donors (Lipinski definition) is 0. The number of benzene rings is 1. The van der Waals surface area contributed by atoms with Crippen molar-refractivity contribution in [2.45, 2.75) is 78.2 Å². The summed E-state index contributed by atoms with van der Waals surface area (Å²) >= 11 is 0. The van der Waals surface area contributed by atoms with Crippen LogP contribution in [0.3, 0.4) is 0 Å². The van der Waals surface area contributed by atoms with Crippen LogP contribution in [0.4, 0.5) is 0 Å². The number of nitrogens with zero attached hydrogens (tertiary/aromatic N) is 1. The van der Waals surface area contributed by atoms with Crippen molar-refractivity contribution in [2.24, 2.45) is 0 Å². The maximum atomic E-state index is 6.65. The van der Waals surface area contributed by atoms with Crippen LogP contribution >= 0.6 is 0 Å². The van der Waals surface area contributed by atoms with Crippen LogP contribution in [0.2, 0.25) is 18.1 Å². The lowest BCUT2D eigenvalue weighted by atomic mass is 10.2. The summed E-state index contributed by atoms with van der Waals surface area (Å²) < 4.78 is 8.95. The second-order valence-corrected chi connectivity index (χ2v) is 10.9. The van der Waals surface area contributed by atoms with Crippen LogP contribution in [0.15, 0.2) is 30.5 Å². The van der Waals surface area contributed by atoms with E-state index in [-0.39, 0.29) is 0 Å². The first-order valence-electron chi connectivity index (χ1n) is 9.39. The third-order valence-electron chi connectivity index (χ3n) is 4.84. The number of fused-ring (bicyclic) bond motifs is 1. The third kappa shape index (κ3) is 4.48. The van der Waals surface area contributed by atoms with E-state index in [2.05, 4.69) is 62.7 Å². The van der Waals surface area contributed by atoms with E-state index in [4.69, 9.17) is 4.43 Å². The maximum absolute atomic E-state index is 6.65. The Bertz CT molecular complexity index is 588. The largest absolute Gasteiger partial charge is 0.413 e. The van der Waals surface area contributed by atoms with E-state index >= 15 is 0 Å². The molecule has 1 aromatic heterocycles. The van der Waals surface area contributed by atoms with Crippen LogP contribution in [0.25, 0.3) is 10.9 Å². The molecule has 2 rings (SSSR count). The zero-order valence-corrected chi connectivity index (χ0v) is 16.4. The van der Waals surface area contributed by atoms with E-state index in [0.29, 0.717) is 0 Å². The van der Waals surface area contributed by atoms with Crippen molar-refractivity contribution in [3.8, 4) is 0 Å². The highest BCUT2D eigenvalue weighted by atomic mass is 28.4. The topological polar surface area (TPSA) is 14.2 Å². The first-order valence-corrected chi connectivity index (χ1v) is 11.9. The average Bonchev–Trinajstić information content (AvgIpc) is 2.96. The molecule has 0 spiro atoms. The Labute approximate surface area is 143 Å². The molecule has 0 saturated carbocycles. The van der Waals surface area contributed by atoms with Gasteiger partial charge in [0.25, 0.3) is 0 Å². The zero-order valence-electron chi connectivity index (χ0n) is 15.4. The molecule has 0 saturated heterocycles. The van der Waals surface area contributed by atoms with E-state index < -0.39 is 8.32 Å². The molecule has 0 unspecified atom stereocenters. The molecule has 1 heterocycles. The van der Waals surface area contributed by atoms with E-state index in [1.807, 2.05) is 0 Å². The van der Waals surface area contributed by atoms with Gasteiger partial charge < -0.3 is 8.99 Å². The average molecular weight is 332 g/mol. The van der Waals surface area contributed by atoms with Crippen LogP contribution in [-0.4, -0.2) is 12.9 Å². The lowest BCUT2D eigenvalue weighted by molar-refractivity contribution is 0.283. The minimum atomic E-state index is -1.55. The molecule has 0 fully saturated rings. The lowest BCUT2D eigenvalue weighted by Gasteiger charge is -2.31. The highest BCUT2D eigenvalue weighted by molar-refractivity contribution is 6.73. The SMILES string of the molecule is CCC[Si](CCC)(CCC)OCc1ccc2c(ccn2CC)c1. The van der Waals surface area contributed by atoms with Gasteiger partial charge in [-0.15, -0.1) is 0 Å². The normalized spacial score (nSPS) is 12.2. The van der Waals surface area contributed by atoms with Crippen LogP contribution in [0.5, 0.6) is 0 Å². The van der Waals surface area contributed by atoms with Crippen molar-refractivity contribution in [3.63, 3.8) is 0 Å². The van der Waals surface area contributed by atoms with Gasteiger partial charge in [0.2, 0.25) is 0 Å². The molecule has 2 aromatic rings. The minimum absolute atomic E-state index is 0.791. The third-order valence-corrected chi connectivity index (χ3v) is 9.83. The minimum Gasteiger partial charge on any atom is -0.413 e. The molecule has 128 valence electrons. The smallest absolute Gasteiger partial charge is 0.193 e. The molecule has 1 aromatic carbocycles. The van der Waals surface area contributed by atoms with Crippen molar-refractivity contribution >= 4 is 19.2 Å². The molecular weight excluding hydrogens is 298 g/mol. The molecule has 0 bridgehead atoms. The van der Waals surface area contributed by atoms with Gasteiger partial charge in [0.05, 0.1) is 6.61 Å². The zero-order chi connectivity index (χ0) is 16.7. The van der Waals surface area contributed by atoms with Gasteiger partial charge in [0.1, 0.15) is 0 Å². The lowest BCUT2D eigenvalue weighted by Crippen LogP contribution is -2.37. The predicted molar refractivity (Wildman–Crippen MR) is 103 cm³/mol. The summed E-state index contributed by atoms with van der Waals surface area (Å²) in [6, 6.07) is 13.0. The first-order chi connectivity index (χ1) is 11.2. The fraction of sp³-hybridized carbons (Fsp3) is 0.600. The number of hydrogen-bond acceptors (Lipinski definition) is 1. The summed E-state index contributed by atoms with van der Waals surface area (Å²) in [4.78, 5) is 0. The van der Waals surface area contributed by atoms with Crippen LogP contribution in [-0.2, 0) is 17.6 Å². The van der Waals surface area contributed by atoms with Crippen LogP contribution < -0.4 is 0 Å². The second-order valence-electron chi connectivity index (χ2n) is 6.72. The molecule has 0 aliphatic carbocycles. The summed E-state index contributed by atoms with van der Waals surface area (Å²) in [5.41, 5.74) is 2.65. The summed E-state index contributed by atoms with van der Waals surface area (Å²) in [5.74, 6) is 0. The molecule has 3 heteroatoms. The molecular formula is C20H33NOSi. The Kier molecular flexibility index (Phi) is 6.91. The Balaban J connectivity index is 2.13. The summed E-state index contributed by atoms with van der Waals surface area (Å²) in [6.07, 6.45) is 5.94. The Morgan fingerprint density at radius 2 is 1.57 bits per heavy atom. The van der Waals surface area contributed by atoms with Crippen molar-refractivity contribution in [2.75, 3.05) is 0 Å².